The van der Waals surface area contributed by atoms with Crippen molar-refractivity contribution in [3.63, 3.8) is 0 Å². The van der Waals surface area contributed by atoms with E-state index in [-0.39, 0.29) is 11.4 Å². The van der Waals surface area contributed by atoms with Gasteiger partial charge in [-0.15, -0.1) is 10.2 Å². The Morgan fingerprint density at radius 2 is 1.55 bits per heavy atom. The van der Waals surface area contributed by atoms with E-state index in [1.54, 1.807) is 23.7 Å². The zero-order valence-electron chi connectivity index (χ0n) is 12.0. The minimum atomic E-state index is -0.198. The molecule has 0 aliphatic heterocycles. The summed E-state index contributed by atoms with van der Waals surface area (Å²) in [5.74, 6) is 1.03. The summed E-state index contributed by atoms with van der Waals surface area (Å²) in [5.41, 5.74) is 4.31. The number of nitrogens with one attached hydrogen (secondary N) is 1. The van der Waals surface area contributed by atoms with Gasteiger partial charge in [0, 0.05) is 11.1 Å². The normalized spacial score (nSPS) is 9.86. The fraction of sp³-hybridized carbons (Fsp3) is 0.0625. The molecule has 0 bridgehead atoms. The van der Waals surface area contributed by atoms with E-state index in [2.05, 4.69) is 15.6 Å². The van der Waals surface area contributed by atoms with E-state index >= 15 is 0 Å². The van der Waals surface area contributed by atoms with Crippen LogP contribution in [0.4, 0.5) is 0 Å². The minimum Gasteiger partial charge on any atom is -0.412 e. The van der Waals surface area contributed by atoms with Gasteiger partial charge in [0.15, 0.2) is 5.82 Å². The maximum atomic E-state index is 12.3. The molecule has 0 aliphatic carbocycles. The predicted molar refractivity (Wildman–Crippen MR) is 83.9 cm³/mol. The third-order valence-electron chi connectivity index (χ3n) is 3.11. The molecule has 2 aromatic carbocycles. The van der Waals surface area contributed by atoms with Crippen molar-refractivity contribution in [3.05, 3.63) is 72.1 Å². The van der Waals surface area contributed by atoms with Gasteiger partial charge >= 0.3 is 0 Å². The van der Waals surface area contributed by atoms with Gasteiger partial charge < -0.3 is 5.48 Å². The molecule has 0 unspecified atom stereocenters. The van der Waals surface area contributed by atoms with Crippen molar-refractivity contribution in [2.24, 2.45) is 0 Å². The van der Waals surface area contributed by atoms with Crippen molar-refractivity contribution in [1.82, 2.24) is 14.9 Å². The standard InChI is InChI=1S/C16H14N4O.H2O/c1-12-17-18-15(13-8-4-2-5-9-13)20(12)19-16(21)14-10-6-3-7-11-14;/h2-11H,1H3,(H,19,21);1H2. The Labute approximate surface area is 127 Å². The molecule has 3 N–H and O–H groups in total. The lowest BCUT2D eigenvalue weighted by Gasteiger charge is -2.10. The molecular formula is C16H16N4O2. The topological polar surface area (TPSA) is 91.3 Å². The summed E-state index contributed by atoms with van der Waals surface area (Å²) in [6.07, 6.45) is 0. The van der Waals surface area contributed by atoms with E-state index in [0.29, 0.717) is 17.2 Å². The molecule has 0 atom stereocenters. The average molecular weight is 296 g/mol. The third kappa shape index (κ3) is 3.02. The van der Waals surface area contributed by atoms with Crippen LogP contribution in [0.3, 0.4) is 0 Å². The van der Waals surface area contributed by atoms with E-state index in [9.17, 15) is 4.79 Å². The lowest BCUT2D eigenvalue weighted by Crippen LogP contribution is -2.24. The van der Waals surface area contributed by atoms with Crippen LogP contribution in [0, 0.1) is 6.92 Å². The first-order valence-corrected chi connectivity index (χ1v) is 6.59. The van der Waals surface area contributed by atoms with Gasteiger partial charge in [0.25, 0.3) is 5.91 Å². The van der Waals surface area contributed by atoms with Crippen LogP contribution in [-0.2, 0) is 0 Å². The Balaban J connectivity index is 0.00000176. The van der Waals surface area contributed by atoms with Crippen LogP contribution in [0.5, 0.6) is 0 Å². The van der Waals surface area contributed by atoms with Gasteiger partial charge in [-0.3, -0.25) is 10.2 Å². The lowest BCUT2D eigenvalue weighted by atomic mass is 10.2. The van der Waals surface area contributed by atoms with Gasteiger partial charge in [0.05, 0.1) is 0 Å². The Morgan fingerprint density at radius 1 is 0.955 bits per heavy atom. The SMILES string of the molecule is Cc1nnc(-c2ccccc2)n1NC(=O)c1ccccc1.O. The number of rotatable bonds is 3. The van der Waals surface area contributed by atoms with Gasteiger partial charge in [-0.05, 0) is 19.1 Å². The second-order valence-corrected chi connectivity index (χ2v) is 4.58. The number of hydrogen-bond acceptors (Lipinski definition) is 3. The van der Waals surface area contributed by atoms with Crippen molar-refractivity contribution in [2.45, 2.75) is 6.92 Å². The van der Waals surface area contributed by atoms with E-state index in [4.69, 9.17) is 0 Å². The monoisotopic (exact) mass is 296 g/mol. The smallest absolute Gasteiger partial charge is 0.270 e. The maximum absolute atomic E-state index is 12.3. The van der Waals surface area contributed by atoms with Gasteiger partial charge in [-0.1, -0.05) is 48.5 Å². The molecule has 22 heavy (non-hydrogen) atoms. The molecule has 1 aromatic heterocycles. The van der Waals surface area contributed by atoms with Crippen LogP contribution in [0.15, 0.2) is 60.7 Å². The largest absolute Gasteiger partial charge is 0.412 e. The Kier molecular flexibility index (Phi) is 4.65. The molecule has 112 valence electrons. The Bertz CT molecular complexity index is 754. The predicted octanol–water partition coefficient (Wildman–Crippen LogP) is 1.81. The van der Waals surface area contributed by atoms with Gasteiger partial charge in [0.1, 0.15) is 5.82 Å². The number of amides is 1. The van der Waals surface area contributed by atoms with Crippen LogP contribution in [0.1, 0.15) is 16.2 Å². The van der Waals surface area contributed by atoms with E-state index in [1.165, 1.54) is 0 Å². The van der Waals surface area contributed by atoms with Crippen LogP contribution in [-0.4, -0.2) is 26.3 Å². The maximum Gasteiger partial charge on any atom is 0.270 e. The molecule has 0 saturated carbocycles. The van der Waals surface area contributed by atoms with Gasteiger partial charge in [-0.2, -0.15) is 0 Å². The number of aryl methyl sites for hydroxylation is 1. The molecule has 6 heteroatoms. The van der Waals surface area contributed by atoms with Crippen LogP contribution in [0.25, 0.3) is 11.4 Å². The summed E-state index contributed by atoms with van der Waals surface area (Å²) < 4.78 is 1.60. The first kappa shape index (κ1) is 15.4. The van der Waals surface area contributed by atoms with Crippen molar-refractivity contribution < 1.29 is 10.3 Å². The van der Waals surface area contributed by atoms with Crippen LogP contribution < -0.4 is 5.43 Å². The average Bonchev–Trinajstić information content (AvgIpc) is 2.90. The second-order valence-electron chi connectivity index (χ2n) is 4.58. The fourth-order valence-electron chi connectivity index (χ4n) is 2.03. The Hall–Kier alpha value is -2.99. The number of carbonyl (C=O) groups is 1. The zero-order valence-corrected chi connectivity index (χ0v) is 12.0. The quantitative estimate of drug-likeness (QED) is 0.799. The molecule has 0 saturated heterocycles. The highest BCUT2D eigenvalue weighted by molar-refractivity contribution is 6.00. The number of carbonyl (C=O) groups excluding carboxylic acids is 1. The molecule has 0 radical (unpaired) electrons. The number of nitrogens with zero attached hydrogens (tertiary/aromatic N) is 3. The summed E-state index contributed by atoms with van der Waals surface area (Å²) in [6.45, 7) is 1.80. The summed E-state index contributed by atoms with van der Waals surface area (Å²) >= 11 is 0. The summed E-state index contributed by atoms with van der Waals surface area (Å²) in [4.78, 5) is 12.3. The first-order chi connectivity index (χ1) is 10.3. The molecule has 0 spiro atoms. The third-order valence-corrected chi connectivity index (χ3v) is 3.11. The van der Waals surface area contributed by atoms with Crippen molar-refractivity contribution in [2.75, 3.05) is 5.43 Å². The summed E-state index contributed by atoms with van der Waals surface area (Å²) in [5, 5.41) is 8.17. The lowest BCUT2D eigenvalue weighted by molar-refractivity contribution is 0.101. The van der Waals surface area contributed by atoms with Crippen molar-refractivity contribution >= 4 is 5.91 Å². The van der Waals surface area contributed by atoms with E-state index < -0.39 is 0 Å². The molecule has 0 aliphatic rings. The Morgan fingerprint density at radius 3 is 2.18 bits per heavy atom. The molecule has 3 rings (SSSR count). The molecule has 6 nitrogen and oxygen atoms in total. The number of benzene rings is 2. The second kappa shape index (κ2) is 6.64. The van der Waals surface area contributed by atoms with Crippen LogP contribution in [0.2, 0.25) is 0 Å². The summed E-state index contributed by atoms with van der Waals surface area (Å²) in [6, 6.07) is 18.7. The number of hydrogen-bond donors (Lipinski definition) is 1. The molecule has 0 fully saturated rings. The molecule has 3 aromatic rings. The molecular weight excluding hydrogens is 280 g/mol. The minimum absolute atomic E-state index is 0. The van der Waals surface area contributed by atoms with E-state index in [0.717, 1.165) is 5.56 Å². The highest BCUT2D eigenvalue weighted by atomic mass is 16.2. The van der Waals surface area contributed by atoms with Crippen LogP contribution >= 0.6 is 0 Å². The fourth-order valence-corrected chi connectivity index (χ4v) is 2.03. The zero-order chi connectivity index (χ0) is 14.7. The van der Waals surface area contributed by atoms with Gasteiger partial charge in [0.2, 0.25) is 0 Å². The van der Waals surface area contributed by atoms with Crippen molar-refractivity contribution in [1.29, 1.82) is 0 Å². The number of aromatic nitrogens is 3. The highest BCUT2D eigenvalue weighted by Gasteiger charge is 2.14. The molecule has 1 amide bonds. The summed E-state index contributed by atoms with van der Waals surface area (Å²) in [7, 11) is 0. The first-order valence-electron chi connectivity index (χ1n) is 6.59. The van der Waals surface area contributed by atoms with E-state index in [1.807, 2.05) is 48.5 Å². The van der Waals surface area contributed by atoms with Crippen molar-refractivity contribution in [3.8, 4) is 11.4 Å². The molecule has 1 heterocycles. The highest BCUT2D eigenvalue weighted by Crippen LogP contribution is 2.16. The van der Waals surface area contributed by atoms with Gasteiger partial charge in [-0.25, -0.2) is 4.68 Å².